The predicted molar refractivity (Wildman–Crippen MR) is 138 cm³/mol. The first kappa shape index (κ1) is 24.9. The molecule has 3 aromatic rings. The minimum atomic E-state index is -0.376. The van der Waals surface area contributed by atoms with E-state index < -0.39 is 0 Å². The fourth-order valence-corrected chi connectivity index (χ4v) is 4.59. The van der Waals surface area contributed by atoms with Gasteiger partial charge in [-0.2, -0.15) is 0 Å². The third-order valence-electron chi connectivity index (χ3n) is 6.42. The molecule has 1 aromatic heterocycles. The highest BCUT2D eigenvalue weighted by Crippen LogP contribution is 2.24. The third kappa shape index (κ3) is 5.70. The highest BCUT2D eigenvalue weighted by Gasteiger charge is 2.20. The number of carbonyl (C=O) groups is 1. The second-order valence-electron chi connectivity index (χ2n) is 9.73. The van der Waals surface area contributed by atoms with E-state index in [0.717, 1.165) is 38.3 Å². The molecule has 8 heteroatoms. The number of halogens is 1. The van der Waals surface area contributed by atoms with E-state index in [0.29, 0.717) is 28.3 Å². The molecule has 7 nitrogen and oxygen atoms in total. The zero-order valence-electron chi connectivity index (χ0n) is 20.9. The quantitative estimate of drug-likeness (QED) is 0.585. The topological polar surface area (TPSA) is 70.5 Å². The molecule has 1 N–H and O–H groups in total. The molecule has 0 spiro atoms. The lowest BCUT2D eigenvalue weighted by Gasteiger charge is -2.26. The Morgan fingerprint density at radius 2 is 1.77 bits per heavy atom. The van der Waals surface area contributed by atoms with Crippen LogP contribution in [-0.2, 0) is 11.3 Å². The predicted octanol–water partition coefficient (Wildman–Crippen LogP) is 3.65. The number of hydrogen-bond donors (Lipinski definition) is 1. The van der Waals surface area contributed by atoms with Crippen molar-refractivity contribution in [2.75, 3.05) is 31.1 Å². The number of carbonyl (C=O) groups excluding carboxylic acids is 1. The normalized spacial score (nSPS) is 15.1. The third-order valence-corrected chi connectivity index (χ3v) is 6.42. The van der Waals surface area contributed by atoms with Gasteiger partial charge in [-0.1, -0.05) is 0 Å². The summed E-state index contributed by atoms with van der Waals surface area (Å²) in [5.74, 6) is -0.306. The van der Waals surface area contributed by atoms with Crippen LogP contribution in [0.3, 0.4) is 0 Å². The number of aromatic nitrogens is 2. The van der Waals surface area contributed by atoms with Crippen molar-refractivity contribution >= 4 is 22.5 Å². The van der Waals surface area contributed by atoms with Crippen LogP contribution >= 0.6 is 0 Å². The average molecular weight is 480 g/mol. The van der Waals surface area contributed by atoms with E-state index in [4.69, 9.17) is 4.98 Å². The standard InChI is InChI=1S/C27H34FN5O2/c1-18(2)29-25(34)17-33-26(20-6-8-21(28)9-7-20)30-24-11-10-22(16-23(24)27(33)35)32-13-5-12-31(14-15-32)19(3)4/h6-11,16,18-19H,5,12-15,17H2,1-4H3,(H,29,34). The lowest BCUT2D eigenvalue weighted by atomic mass is 10.1. The van der Waals surface area contributed by atoms with Crippen molar-refractivity contribution in [2.24, 2.45) is 0 Å². The van der Waals surface area contributed by atoms with Crippen molar-refractivity contribution in [1.82, 2.24) is 19.8 Å². The van der Waals surface area contributed by atoms with Crippen molar-refractivity contribution in [3.05, 3.63) is 58.6 Å². The van der Waals surface area contributed by atoms with E-state index in [2.05, 4.69) is 29.0 Å². The van der Waals surface area contributed by atoms with E-state index in [1.54, 1.807) is 12.1 Å². The molecule has 1 saturated heterocycles. The Balaban J connectivity index is 1.76. The van der Waals surface area contributed by atoms with Crippen molar-refractivity contribution in [3.63, 3.8) is 0 Å². The second-order valence-corrected chi connectivity index (χ2v) is 9.73. The summed E-state index contributed by atoms with van der Waals surface area (Å²) in [7, 11) is 0. The number of nitrogens with one attached hydrogen (secondary N) is 1. The van der Waals surface area contributed by atoms with Crippen LogP contribution in [0.1, 0.15) is 34.1 Å². The summed E-state index contributed by atoms with van der Waals surface area (Å²) in [5, 5.41) is 3.31. The molecule has 0 unspecified atom stereocenters. The number of fused-ring (bicyclic) bond motifs is 1. The molecular weight excluding hydrogens is 445 g/mol. The van der Waals surface area contributed by atoms with Crippen LogP contribution in [0.5, 0.6) is 0 Å². The van der Waals surface area contributed by atoms with Gasteiger partial charge in [-0.25, -0.2) is 9.37 Å². The first-order chi connectivity index (χ1) is 16.7. The molecule has 0 aliphatic carbocycles. The van der Waals surface area contributed by atoms with Gasteiger partial charge >= 0.3 is 0 Å². The van der Waals surface area contributed by atoms with Gasteiger partial charge in [-0.05, 0) is 76.6 Å². The van der Waals surface area contributed by atoms with Crippen LogP contribution in [0, 0.1) is 5.82 Å². The Morgan fingerprint density at radius 1 is 1.03 bits per heavy atom. The molecule has 2 aromatic carbocycles. The summed E-state index contributed by atoms with van der Waals surface area (Å²) in [4.78, 5) is 35.8. The molecule has 0 radical (unpaired) electrons. The summed E-state index contributed by atoms with van der Waals surface area (Å²) in [6.45, 7) is 11.8. The van der Waals surface area contributed by atoms with Gasteiger partial charge in [0, 0.05) is 49.5 Å². The van der Waals surface area contributed by atoms with Gasteiger partial charge in [0.05, 0.1) is 10.9 Å². The Morgan fingerprint density at radius 3 is 2.46 bits per heavy atom. The summed E-state index contributed by atoms with van der Waals surface area (Å²) in [5.41, 5.74) is 1.83. The van der Waals surface area contributed by atoms with Gasteiger partial charge in [0.1, 0.15) is 18.2 Å². The maximum atomic E-state index is 13.7. The number of nitrogens with zero attached hydrogens (tertiary/aromatic N) is 4. The number of hydrogen-bond acceptors (Lipinski definition) is 5. The molecule has 1 aliphatic heterocycles. The molecule has 1 aliphatic rings. The lowest BCUT2D eigenvalue weighted by molar-refractivity contribution is -0.122. The van der Waals surface area contributed by atoms with Crippen LogP contribution in [0.4, 0.5) is 10.1 Å². The Kier molecular flexibility index (Phi) is 7.50. The van der Waals surface area contributed by atoms with Crippen molar-refractivity contribution in [2.45, 2.75) is 52.7 Å². The SMILES string of the molecule is CC(C)NC(=O)Cn1c(-c2ccc(F)cc2)nc2ccc(N3CCCN(C(C)C)CC3)cc2c1=O. The van der Waals surface area contributed by atoms with Crippen LogP contribution < -0.4 is 15.8 Å². The highest BCUT2D eigenvalue weighted by atomic mass is 19.1. The number of amides is 1. The Labute approximate surface area is 205 Å². The van der Waals surface area contributed by atoms with E-state index in [1.165, 1.54) is 16.7 Å². The molecule has 186 valence electrons. The number of benzene rings is 2. The number of rotatable bonds is 6. The first-order valence-electron chi connectivity index (χ1n) is 12.3. The molecule has 0 bridgehead atoms. The van der Waals surface area contributed by atoms with Gasteiger partial charge in [0.15, 0.2) is 0 Å². The molecular formula is C27H34FN5O2. The smallest absolute Gasteiger partial charge is 0.262 e. The summed E-state index contributed by atoms with van der Waals surface area (Å²) in [6, 6.07) is 12.0. The molecule has 1 fully saturated rings. The molecule has 2 heterocycles. The Bertz CT molecular complexity index is 1250. The van der Waals surface area contributed by atoms with Gasteiger partial charge in [-0.15, -0.1) is 0 Å². The molecule has 35 heavy (non-hydrogen) atoms. The summed E-state index contributed by atoms with van der Waals surface area (Å²) in [6.07, 6.45) is 1.05. The van der Waals surface area contributed by atoms with Gasteiger partial charge in [0.25, 0.3) is 5.56 Å². The van der Waals surface area contributed by atoms with E-state index >= 15 is 0 Å². The number of anilines is 1. The van der Waals surface area contributed by atoms with Crippen LogP contribution in [0.2, 0.25) is 0 Å². The zero-order valence-corrected chi connectivity index (χ0v) is 20.9. The van der Waals surface area contributed by atoms with Gasteiger partial charge < -0.3 is 10.2 Å². The van der Waals surface area contributed by atoms with Crippen molar-refractivity contribution < 1.29 is 9.18 Å². The van der Waals surface area contributed by atoms with Crippen molar-refractivity contribution in [1.29, 1.82) is 0 Å². The van der Waals surface area contributed by atoms with Crippen LogP contribution in [-0.4, -0.2) is 58.6 Å². The summed E-state index contributed by atoms with van der Waals surface area (Å²) < 4.78 is 14.9. The Hall–Kier alpha value is -3.26. The summed E-state index contributed by atoms with van der Waals surface area (Å²) >= 11 is 0. The van der Waals surface area contributed by atoms with Crippen LogP contribution in [0.25, 0.3) is 22.3 Å². The zero-order chi connectivity index (χ0) is 25.1. The maximum absolute atomic E-state index is 13.7. The van der Waals surface area contributed by atoms with E-state index in [9.17, 15) is 14.0 Å². The largest absolute Gasteiger partial charge is 0.370 e. The molecule has 4 rings (SSSR count). The van der Waals surface area contributed by atoms with Gasteiger partial charge in [0.2, 0.25) is 5.91 Å². The first-order valence-corrected chi connectivity index (χ1v) is 12.3. The average Bonchev–Trinajstić information content (AvgIpc) is 3.07. The minimum absolute atomic E-state index is 0.0547. The molecule has 1 amide bonds. The second kappa shape index (κ2) is 10.6. The highest BCUT2D eigenvalue weighted by molar-refractivity contribution is 5.84. The van der Waals surface area contributed by atoms with Crippen LogP contribution in [0.15, 0.2) is 47.3 Å². The van der Waals surface area contributed by atoms with Gasteiger partial charge in [-0.3, -0.25) is 19.1 Å². The maximum Gasteiger partial charge on any atom is 0.262 e. The molecule has 0 saturated carbocycles. The monoisotopic (exact) mass is 479 g/mol. The lowest BCUT2D eigenvalue weighted by Crippen LogP contribution is -2.37. The minimum Gasteiger partial charge on any atom is -0.370 e. The van der Waals surface area contributed by atoms with E-state index in [1.807, 2.05) is 32.0 Å². The molecule has 0 atom stereocenters. The van der Waals surface area contributed by atoms with Crippen molar-refractivity contribution in [3.8, 4) is 11.4 Å². The fourth-order valence-electron chi connectivity index (χ4n) is 4.59. The van der Waals surface area contributed by atoms with E-state index in [-0.39, 0.29) is 29.9 Å². The fraction of sp³-hybridized carbons (Fsp3) is 0.444.